The number of nitrogens with two attached hydrogens (primary N) is 1. The maximum Gasteiger partial charge on any atom is 0.326 e. The quantitative estimate of drug-likeness (QED) is 0.365. The van der Waals surface area contributed by atoms with Crippen LogP contribution in [-0.4, -0.2) is 52.7 Å². The lowest BCUT2D eigenvalue weighted by atomic mass is 10.1. The molecule has 0 aromatic heterocycles. The van der Waals surface area contributed by atoms with E-state index in [2.05, 4.69) is 10.6 Å². The Morgan fingerprint density at radius 1 is 1.21 bits per heavy atom. The van der Waals surface area contributed by atoms with E-state index in [9.17, 15) is 14.4 Å². The molecule has 0 saturated carbocycles. The zero-order chi connectivity index (χ0) is 15.2. The van der Waals surface area contributed by atoms with Crippen LogP contribution in [0.3, 0.4) is 0 Å². The van der Waals surface area contributed by atoms with Crippen LogP contribution in [0.4, 0.5) is 0 Å². The molecule has 2 amide bonds. The molecular formula is C11H21N3O5. The number of amides is 2. The fraction of sp³-hybridized carbons (Fsp3) is 0.727. The van der Waals surface area contributed by atoms with Gasteiger partial charge in [-0.3, -0.25) is 9.59 Å². The standard InChI is InChI=1S/C11H21N3O5/c1-5(2)9(11(18)19)14-7(16)4-13-10(17)8(12)6(3)15/h5-6,8-9,15H,4,12H2,1-3H3,(H,13,17)(H,14,16)(H,18,19)/t6-,8+,9+/m1/s1. The summed E-state index contributed by atoms with van der Waals surface area (Å²) in [5, 5.41) is 22.5. The molecule has 0 aliphatic rings. The highest BCUT2D eigenvalue weighted by molar-refractivity contribution is 5.89. The lowest BCUT2D eigenvalue weighted by Crippen LogP contribution is -2.52. The number of nitrogens with one attached hydrogen (secondary N) is 2. The van der Waals surface area contributed by atoms with E-state index in [4.69, 9.17) is 15.9 Å². The minimum atomic E-state index is -1.14. The summed E-state index contributed by atoms with van der Waals surface area (Å²) in [6, 6.07) is -2.15. The third-order valence-corrected chi connectivity index (χ3v) is 2.49. The monoisotopic (exact) mass is 275 g/mol. The highest BCUT2D eigenvalue weighted by Crippen LogP contribution is 2.01. The molecule has 0 aromatic rings. The summed E-state index contributed by atoms with van der Waals surface area (Å²) >= 11 is 0. The number of carbonyl (C=O) groups excluding carboxylic acids is 2. The number of aliphatic carboxylic acids is 1. The van der Waals surface area contributed by atoms with Crippen LogP contribution in [0, 0.1) is 5.92 Å². The first-order chi connectivity index (χ1) is 8.66. The molecule has 0 heterocycles. The Morgan fingerprint density at radius 3 is 2.11 bits per heavy atom. The van der Waals surface area contributed by atoms with Gasteiger partial charge in [0.05, 0.1) is 12.6 Å². The molecule has 0 saturated heterocycles. The number of hydrogen-bond donors (Lipinski definition) is 5. The van der Waals surface area contributed by atoms with Gasteiger partial charge in [0.25, 0.3) is 0 Å². The fourth-order valence-corrected chi connectivity index (χ4v) is 1.24. The third-order valence-electron chi connectivity index (χ3n) is 2.49. The first kappa shape index (κ1) is 17.3. The van der Waals surface area contributed by atoms with Crippen LogP contribution >= 0.6 is 0 Å². The van der Waals surface area contributed by atoms with Crippen molar-refractivity contribution in [3.05, 3.63) is 0 Å². The Kier molecular flexibility index (Phi) is 7.02. The molecule has 0 bridgehead atoms. The summed E-state index contributed by atoms with van der Waals surface area (Å²) in [5.41, 5.74) is 5.36. The van der Waals surface area contributed by atoms with Crippen LogP contribution in [0.25, 0.3) is 0 Å². The lowest BCUT2D eigenvalue weighted by molar-refractivity contribution is -0.143. The van der Waals surface area contributed by atoms with Gasteiger partial charge in [0.2, 0.25) is 11.8 Å². The highest BCUT2D eigenvalue weighted by Gasteiger charge is 2.24. The predicted molar refractivity (Wildman–Crippen MR) is 67.1 cm³/mol. The second kappa shape index (κ2) is 7.70. The third kappa shape index (κ3) is 6.16. The number of carboxylic acids is 1. The van der Waals surface area contributed by atoms with Gasteiger partial charge >= 0.3 is 5.97 Å². The van der Waals surface area contributed by atoms with Gasteiger partial charge in [0.1, 0.15) is 12.1 Å². The van der Waals surface area contributed by atoms with Crippen molar-refractivity contribution in [1.82, 2.24) is 10.6 Å². The highest BCUT2D eigenvalue weighted by atomic mass is 16.4. The van der Waals surface area contributed by atoms with Crippen molar-refractivity contribution in [1.29, 1.82) is 0 Å². The molecule has 0 spiro atoms. The molecule has 6 N–H and O–H groups in total. The van der Waals surface area contributed by atoms with Gasteiger partial charge in [-0.2, -0.15) is 0 Å². The first-order valence-electron chi connectivity index (χ1n) is 5.90. The van der Waals surface area contributed by atoms with Crippen molar-refractivity contribution in [2.75, 3.05) is 6.54 Å². The van der Waals surface area contributed by atoms with E-state index in [0.717, 1.165) is 0 Å². The summed E-state index contributed by atoms with van der Waals surface area (Å²) in [4.78, 5) is 33.7. The van der Waals surface area contributed by atoms with E-state index in [1.807, 2.05) is 0 Å². The van der Waals surface area contributed by atoms with Gasteiger partial charge in [-0.25, -0.2) is 4.79 Å². The predicted octanol–water partition coefficient (Wildman–Crippen LogP) is -1.96. The van der Waals surface area contributed by atoms with Gasteiger partial charge in [-0.1, -0.05) is 13.8 Å². The van der Waals surface area contributed by atoms with E-state index in [1.165, 1.54) is 6.92 Å². The first-order valence-corrected chi connectivity index (χ1v) is 5.90. The van der Waals surface area contributed by atoms with Crippen LogP contribution in [0.2, 0.25) is 0 Å². The average Bonchev–Trinajstić information content (AvgIpc) is 2.30. The molecule has 8 nitrogen and oxygen atoms in total. The van der Waals surface area contributed by atoms with Gasteiger partial charge in [-0.05, 0) is 12.8 Å². The lowest BCUT2D eigenvalue weighted by Gasteiger charge is -2.19. The molecular weight excluding hydrogens is 254 g/mol. The Hall–Kier alpha value is -1.67. The van der Waals surface area contributed by atoms with Gasteiger partial charge < -0.3 is 26.6 Å². The number of rotatable bonds is 7. The van der Waals surface area contributed by atoms with Crippen LogP contribution in [0.15, 0.2) is 0 Å². The van der Waals surface area contributed by atoms with Crippen molar-refractivity contribution in [3.8, 4) is 0 Å². The maximum absolute atomic E-state index is 11.5. The van der Waals surface area contributed by atoms with E-state index in [1.54, 1.807) is 13.8 Å². The van der Waals surface area contributed by atoms with Gasteiger partial charge in [0, 0.05) is 0 Å². The SMILES string of the molecule is CC(C)[C@H](NC(=O)CNC(=O)[C@@H](N)[C@@H](C)O)C(=O)O. The zero-order valence-corrected chi connectivity index (χ0v) is 11.2. The summed E-state index contributed by atoms with van der Waals surface area (Å²) in [5.74, 6) is -2.74. The summed E-state index contributed by atoms with van der Waals surface area (Å²) in [6.07, 6.45) is -1.04. The van der Waals surface area contributed by atoms with Gasteiger partial charge in [-0.15, -0.1) is 0 Å². The molecule has 110 valence electrons. The Labute approximate surface area is 111 Å². The molecule has 0 aliphatic carbocycles. The second-order valence-corrected chi connectivity index (χ2v) is 4.61. The van der Waals surface area contributed by atoms with E-state index < -0.39 is 42.5 Å². The van der Waals surface area contributed by atoms with Crippen LogP contribution < -0.4 is 16.4 Å². The Balaban J connectivity index is 4.26. The smallest absolute Gasteiger partial charge is 0.326 e. The largest absolute Gasteiger partial charge is 0.480 e. The fourth-order valence-electron chi connectivity index (χ4n) is 1.24. The molecule has 0 rings (SSSR count). The van der Waals surface area contributed by atoms with Crippen molar-refractivity contribution in [3.63, 3.8) is 0 Å². The molecule has 0 fully saturated rings. The molecule has 0 radical (unpaired) electrons. The summed E-state index contributed by atoms with van der Waals surface area (Å²) < 4.78 is 0. The Morgan fingerprint density at radius 2 is 1.74 bits per heavy atom. The number of carboxylic acid groups (broad SMARTS) is 1. The van der Waals surface area contributed by atoms with Crippen LogP contribution in [-0.2, 0) is 14.4 Å². The summed E-state index contributed by atoms with van der Waals surface area (Å²) in [7, 11) is 0. The molecule has 0 aliphatic heterocycles. The number of aliphatic hydroxyl groups excluding tert-OH is 1. The minimum absolute atomic E-state index is 0.281. The van der Waals surface area contributed by atoms with Crippen molar-refractivity contribution >= 4 is 17.8 Å². The van der Waals surface area contributed by atoms with E-state index >= 15 is 0 Å². The maximum atomic E-state index is 11.5. The topological polar surface area (TPSA) is 142 Å². The average molecular weight is 275 g/mol. The summed E-state index contributed by atoms with van der Waals surface area (Å²) in [6.45, 7) is 4.27. The Bertz CT molecular complexity index is 343. The molecule has 19 heavy (non-hydrogen) atoms. The molecule has 3 atom stereocenters. The van der Waals surface area contributed by atoms with E-state index in [-0.39, 0.29) is 5.92 Å². The van der Waals surface area contributed by atoms with E-state index in [0.29, 0.717) is 0 Å². The number of carbonyl (C=O) groups is 3. The van der Waals surface area contributed by atoms with Crippen molar-refractivity contribution in [2.45, 2.75) is 39.0 Å². The second-order valence-electron chi connectivity index (χ2n) is 4.61. The van der Waals surface area contributed by atoms with Crippen LogP contribution in [0.5, 0.6) is 0 Å². The van der Waals surface area contributed by atoms with Gasteiger partial charge in [0.15, 0.2) is 0 Å². The van der Waals surface area contributed by atoms with Crippen LogP contribution in [0.1, 0.15) is 20.8 Å². The van der Waals surface area contributed by atoms with Crippen molar-refractivity contribution < 1.29 is 24.6 Å². The normalized spacial score (nSPS) is 15.5. The zero-order valence-electron chi connectivity index (χ0n) is 11.2. The molecule has 0 unspecified atom stereocenters. The number of hydrogen-bond acceptors (Lipinski definition) is 5. The molecule has 0 aromatic carbocycles. The molecule has 8 heteroatoms. The van der Waals surface area contributed by atoms with Crippen molar-refractivity contribution in [2.24, 2.45) is 11.7 Å². The number of aliphatic hydroxyl groups is 1. The minimum Gasteiger partial charge on any atom is -0.480 e.